The van der Waals surface area contributed by atoms with Gasteiger partial charge in [-0.3, -0.25) is 19.2 Å². The molecule has 0 radical (unpaired) electrons. The molecule has 0 spiro atoms. The molecule has 0 saturated carbocycles. The second-order valence-corrected chi connectivity index (χ2v) is 9.72. The number of hydrogen-bond donors (Lipinski definition) is 7. The number of nitrogens with one attached hydrogen (secondary N) is 3. The Morgan fingerprint density at radius 1 is 0.659 bits per heavy atom. The Hall–Kier alpha value is -4.29. The summed E-state index contributed by atoms with van der Waals surface area (Å²) in [6.45, 7) is 0.380. The zero-order valence-corrected chi connectivity index (χ0v) is 22.8. The highest BCUT2D eigenvalue weighted by atomic mass is 16.4. The number of carboxylic acids is 2. The van der Waals surface area contributed by atoms with Crippen LogP contribution in [-0.2, 0) is 36.8 Å². The summed E-state index contributed by atoms with van der Waals surface area (Å²) in [4.78, 5) is 62.4. The van der Waals surface area contributed by atoms with Gasteiger partial charge in [0.1, 0.15) is 18.1 Å². The Labute approximate surface area is 238 Å². The zero-order valence-electron chi connectivity index (χ0n) is 22.8. The molecule has 4 unspecified atom stereocenters. The van der Waals surface area contributed by atoms with Gasteiger partial charge in [0.15, 0.2) is 0 Å². The Morgan fingerprint density at radius 2 is 1.17 bits per heavy atom. The van der Waals surface area contributed by atoms with Crippen LogP contribution in [0.4, 0.5) is 0 Å². The molecule has 3 amide bonds. The lowest BCUT2D eigenvalue weighted by molar-refractivity contribution is -0.142. The van der Waals surface area contributed by atoms with Gasteiger partial charge in [-0.05, 0) is 49.8 Å². The molecule has 0 fully saturated rings. The van der Waals surface area contributed by atoms with E-state index < -0.39 is 60.2 Å². The van der Waals surface area contributed by atoms with Crippen LogP contribution >= 0.6 is 0 Å². The number of nitrogens with two attached hydrogens (primary N) is 2. The number of unbranched alkanes of at least 4 members (excludes halogenated alkanes) is 1. The van der Waals surface area contributed by atoms with Gasteiger partial charge in [0.05, 0.1) is 6.04 Å². The van der Waals surface area contributed by atoms with Gasteiger partial charge in [-0.15, -0.1) is 0 Å². The smallest absolute Gasteiger partial charge is 0.326 e. The fourth-order valence-electron chi connectivity index (χ4n) is 4.13. The Kier molecular flexibility index (Phi) is 14.0. The third-order valence-electron chi connectivity index (χ3n) is 6.39. The Balaban J connectivity index is 2.20. The summed E-state index contributed by atoms with van der Waals surface area (Å²) in [6.07, 6.45) is 0.768. The third-order valence-corrected chi connectivity index (χ3v) is 6.39. The van der Waals surface area contributed by atoms with Crippen LogP contribution < -0.4 is 27.4 Å². The second kappa shape index (κ2) is 17.4. The number of aliphatic carboxylic acids is 2. The Bertz CT molecular complexity index is 1150. The summed E-state index contributed by atoms with van der Waals surface area (Å²) in [5, 5.41) is 26.4. The highest BCUT2D eigenvalue weighted by molar-refractivity contribution is 5.94. The standard InChI is InChI=1S/C29H39N5O7/c30-16-8-7-13-23(29(40)41)33-28(39)24(18-20-11-5-2-6-12-20)34-27(38)22(14-15-25(35)36)32-26(37)21(31)17-19-9-3-1-4-10-19/h1-6,9-12,21-24H,7-8,13-18,30-31H2,(H,32,37)(H,33,39)(H,34,38)(H,35,36)(H,40,41). The van der Waals surface area contributed by atoms with Gasteiger partial charge in [-0.1, -0.05) is 60.7 Å². The molecule has 2 aromatic carbocycles. The fraction of sp³-hybridized carbons (Fsp3) is 0.414. The van der Waals surface area contributed by atoms with Gasteiger partial charge < -0.3 is 37.6 Å². The highest BCUT2D eigenvalue weighted by Crippen LogP contribution is 2.09. The predicted molar refractivity (Wildman–Crippen MR) is 151 cm³/mol. The maximum Gasteiger partial charge on any atom is 0.326 e. The van der Waals surface area contributed by atoms with Crippen LogP contribution in [0.1, 0.15) is 43.2 Å². The molecule has 0 heterocycles. The molecule has 12 nitrogen and oxygen atoms in total. The first-order valence-corrected chi connectivity index (χ1v) is 13.5. The van der Waals surface area contributed by atoms with E-state index in [4.69, 9.17) is 11.5 Å². The first-order valence-electron chi connectivity index (χ1n) is 13.5. The van der Waals surface area contributed by atoms with Gasteiger partial charge >= 0.3 is 11.9 Å². The number of carboxylic acid groups (broad SMARTS) is 2. The van der Waals surface area contributed by atoms with Gasteiger partial charge in [0.2, 0.25) is 17.7 Å². The van der Waals surface area contributed by atoms with Crippen LogP contribution in [0.5, 0.6) is 0 Å². The quantitative estimate of drug-likeness (QED) is 0.123. The highest BCUT2D eigenvalue weighted by Gasteiger charge is 2.30. The van der Waals surface area contributed by atoms with Crippen molar-refractivity contribution in [3.8, 4) is 0 Å². The topological polar surface area (TPSA) is 214 Å². The normalized spacial score (nSPS) is 13.7. The van der Waals surface area contributed by atoms with E-state index in [2.05, 4.69) is 16.0 Å². The molecule has 222 valence electrons. The molecule has 41 heavy (non-hydrogen) atoms. The molecule has 4 atom stereocenters. The molecular weight excluding hydrogens is 530 g/mol. The van der Waals surface area contributed by atoms with Crippen LogP contribution in [-0.4, -0.2) is 70.6 Å². The van der Waals surface area contributed by atoms with Crippen molar-refractivity contribution < 1.29 is 34.2 Å². The van der Waals surface area contributed by atoms with E-state index in [0.29, 0.717) is 24.9 Å². The van der Waals surface area contributed by atoms with E-state index in [9.17, 15) is 34.2 Å². The largest absolute Gasteiger partial charge is 0.481 e. The maximum atomic E-state index is 13.3. The van der Waals surface area contributed by atoms with Gasteiger partial charge in [-0.2, -0.15) is 0 Å². The number of hydrogen-bond acceptors (Lipinski definition) is 7. The minimum absolute atomic E-state index is 0.0284. The molecule has 12 heteroatoms. The molecule has 0 aliphatic carbocycles. The summed E-state index contributed by atoms with van der Waals surface area (Å²) in [6, 6.07) is 13.1. The van der Waals surface area contributed by atoms with Crippen molar-refractivity contribution in [2.45, 2.75) is 69.1 Å². The SMILES string of the molecule is NCCCCC(NC(=O)C(Cc1ccccc1)NC(=O)C(CCC(=O)O)NC(=O)C(N)Cc1ccccc1)C(=O)O. The van der Waals surface area contributed by atoms with Crippen LogP contribution in [0, 0.1) is 0 Å². The van der Waals surface area contributed by atoms with Gasteiger partial charge in [0, 0.05) is 12.8 Å². The van der Waals surface area contributed by atoms with Crippen molar-refractivity contribution >= 4 is 29.7 Å². The van der Waals surface area contributed by atoms with E-state index in [1.165, 1.54) is 0 Å². The molecule has 0 bridgehead atoms. The minimum Gasteiger partial charge on any atom is -0.481 e. The molecule has 0 saturated heterocycles. The summed E-state index contributed by atoms with van der Waals surface area (Å²) in [7, 11) is 0. The van der Waals surface area contributed by atoms with Crippen molar-refractivity contribution in [1.29, 1.82) is 0 Å². The van der Waals surface area contributed by atoms with Crippen molar-refractivity contribution in [2.75, 3.05) is 6.54 Å². The Morgan fingerprint density at radius 3 is 1.71 bits per heavy atom. The van der Waals surface area contributed by atoms with Crippen LogP contribution in [0.15, 0.2) is 60.7 Å². The lowest BCUT2D eigenvalue weighted by Crippen LogP contribution is -2.57. The average Bonchev–Trinajstić information content (AvgIpc) is 2.95. The lowest BCUT2D eigenvalue weighted by Gasteiger charge is -2.25. The number of amides is 3. The second-order valence-electron chi connectivity index (χ2n) is 9.72. The first kappa shape index (κ1) is 32.9. The third kappa shape index (κ3) is 12.2. The van der Waals surface area contributed by atoms with E-state index in [1.54, 1.807) is 54.6 Å². The summed E-state index contributed by atoms with van der Waals surface area (Å²) in [5.41, 5.74) is 13.0. The predicted octanol–water partition coefficient (Wildman–Crippen LogP) is 0.332. The van der Waals surface area contributed by atoms with Crippen molar-refractivity contribution in [2.24, 2.45) is 11.5 Å². The van der Waals surface area contributed by atoms with Gasteiger partial charge in [0.25, 0.3) is 0 Å². The maximum absolute atomic E-state index is 13.3. The van der Waals surface area contributed by atoms with E-state index >= 15 is 0 Å². The zero-order chi connectivity index (χ0) is 30.2. The number of rotatable bonds is 18. The van der Waals surface area contributed by atoms with Crippen LogP contribution in [0.2, 0.25) is 0 Å². The van der Waals surface area contributed by atoms with Crippen molar-refractivity contribution in [3.63, 3.8) is 0 Å². The number of carbonyl (C=O) groups excluding carboxylic acids is 3. The molecular formula is C29H39N5O7. The molecule has 2 aromatic rings. The molecule has 9 N–H and O–H groups in total. The number of carbonyl (C=O) groups is 5. The summed E-state index contributed by atoms with van der Waals surface area (Å²) >= 11 is 0. The summed E-state index contributed by atoms with van der Waals surface area (Å²) < 4.78 is 0. The number of benzene rings is 2. The first-order chi connectivity index (χ1) is 19.6. The van der Waals surface area contributed by atoms with Crippen LogP contribution in [0.25, 0.3) is 0 Å². The van der Waals surface area contributed by atoms with Crippen molar-refractivity contribution in [1.82, 2.24) is 16.0 Å². The van der Waals surface area contributed by atoms with E-state index in [-0.39, 0.29) is 25.7 Å². The summed E-state index contributed by atoms with van der Waals surface area (Å²) in [5.74, 6) is -4.58. The van der Waals surface area contributed by atoms with Crippen molar-refractivity contribution in [3.05, 3.63) is 71.8 Å². The van der Waals surface area contributed by atoms with E-state index in [1.807, 2.05) is 6.07 Å². The lowest BCUT2D eigenvalue weighted by atomic mass is 10.0. The molecule has 0 aliphatic heterocycles. The molecule has 0 aromatic heterocycles. The van der Waals surface area contributed by atoms with E-state index in [0.717, 1.165) is 5.56 Å². The average molecular weight is 570 g/mol. The van der Waals surface area contributed by atoms with Crippen LogP contribution in [0.3, 0.4) is 0 Å². The minimum atomic E-state index is -1.30. The monoisotopic (exact) mass is 569 g/mol. The molecule has 0 aliphatic rings. The molecule has 2 rings (SSSR count). The van der Waals surface area contributed by atoms with Gasteiger partial charge in [-0.25, -0.2) is 4.79 Å². The fourth-order valence-corrected chi connectivity index (χ4v) is 4.13.